The van der Waals surface area contributed by atoms with Gasteiger partial charge in [0, 0.05) is 19.8 Å². The van der Waals surface area contributed by atoms with Crippen LogP contribution in [0.4, 0.5) is 0 Å². The number of carbonyl (C=O) groups is 3. The predicted octanol–water partition coefficient (Wildman–Crippen LogP) is 14.6. The molecule has 23 heteroatoms. The molecule has 0 bridgehead atoms. The third kappa shape index (κ3) is 45.4. The molecule has 0 spiro atoms. The van der Waals surface area contributed by atoms with E-state index >= 15 is 0 Å². The Morgan fingerprint density at radius 2 is 0.857 bits per heavy atom. The Morgan fingerprint density at radius 3 is 1.25 bits per heavy atom. The summed E-state index contributed by atoms with van der Waals surface area (Å²) >= 11 is 0. The monoisotopic (exact) mass is 1600 g/mol. The molecule has 3 aliphatic heterocycles. The summed E-state index contributed by atoms with van der Waals surface area (Å²) in [7, 11) is 0. The van der Waals surface area contributed by atoms with E-state index in [1.165, 1.54) is 276 Å². The van der Waals surface area contributed by atoms with Crippen molar-refractivity contribution in [1.29, 1.82) is 0 Å². The largest absolute Gasteiger partial charge is 0.477 e. The molecular weight excluding hydrogens is 1430 g/mol. The molecule has 2 amide bonds. The average Bonchev–Trinajstić information content (AvgIpc) is 0.754. The molecule has 18 unspecified atom stereocenters. The zero-order chi connectivity index (χ0) is 81.7. The lowest BCUT2D eigenvalue weighted by molar-refractivity contribution is -0.386. The highest BCUT2D eigenvalue weighted by Gasteiger charge is 2.60. The minimum absolute atomic E-state index is 0.226. The molecule has 0 saturated carbocycles. The minimum Gasteiger partial charge on any atom is -0.477 e. The van der Waals surface area contributed by atoms with Crippen LogP contribution in [-0.4, -0.2) is 215 Å². The molecule has 0 aromatic rings. The molecular formula is C89H166N2O21. The van der Waals surface area contributed by atoms with Crippen LogP contribution in [0.2, 0.25) is 0 Å². The molecule has 14 N–H and O–H groups in total. The van der Waals surface area contributed by atoms with Gasteiger partial charge in [-0.1, -0.05) is 346 Å². The Hall–Kier alpha value is -2.79. The van der Waals surface area contributed by atoms with Gasteiger partial charge in [-0.25, -0.2) is 4.79 Å². The normalized spacial score (nSPS) is 25.4. The zero-order valence-electron chi connectivity index (χ0n) is 70.3. The van der Waals surface area contributed by atoms with E-state index in [2.05, 4.69) is 48.8 Å². The van der Waals surface area contributed by atoms with E-state index in [0.29, 0.717) is 19.3 Å². The highest BCUT2D eigenvalue weighted by atomic mass is 16.8. The highest BCUT2D eigenvalue weighted by Crippen LogP contribution is 2.39. The van der Waals surface area contributed by atoms with Crippen molar-refractivity contribution in [1.82, 2.24) is 10.6 Å². The van der Waals surface area contributed by atoms with Gasteiger partial charge in [-0.2, -0.15) is 0 Å². The number of aliphatic hydroxyl groups is 11. The van der Waals surface area contributed by atoms with Crippen molar-refractivity contribution in [3.8, 4) is 0 Å². The van der Waals surface area contributed by atoms with Gasteiger partial charge in [0.05, 0.1) is 50.7 Å². The second-order valence-corrected chi connectivity index (χ2v) is 33.2. The highest BCUT2D eigenvalue weighted by molar-refractivity contribution is 5.77. The van der Waals surface area contributed by atoms with Crippen LogP contribution in [0.5, 0.6) is 0 Å². The first-order chi connectivity index (χ1) is 54.4. The number of aliphatic carboxylic acids is 1. The molecule has 0 radical (unpaired) electrons. The lowest BCUT2D eigenvalue weighted by atomic mass is 9.88. The third-order valence-electron chi connectivity index (χ3n) is 23.2. The van der Waals surface area contributed by atoms with Gasteiger partial charge in [0.25, 0.3) is 5.79 Å². The fourth-order valence-electron chi connectivity index (χ4n) is 16.0. The number of carboxylic acid groups (broad SMARTS) is 1. The first-order valence-electron chi connectivity index (χ1n) is 45.7. The number of aliphatic hydroxyl groups excluding tert-OH is 11. The van der Waals surface area contributed by atoms with E-state index in [1.807, 2.05) is 0 Å². The van der Waals surface area contributed by atoms with E-state index in [9.17, 15) is 75.7 Å². The van der Waals surface area contributed by atoms with Crippen LogP contribution < -0.4 is 10.6 Å². The number of hydrogen-bond acceptors (Lipinski definition) is 20. The topological polar surface area (TPSA) is 373 Å². The molecule has 3 fully saturated rings. The SMILES string of the molecule is CCCCCCCCCCCCCCC/C=C\C/C=C\CCCCCCCCCCCCCCCCCCCC(=O)NC(COC1OC(CO)C(OC2OC(CO)C(O)C(OC3(C(=O)O)CC(O)C(NC(C)=O)C(C(O)C(O)CO)O3)C2O)C(O)C1O)C(O)CCCCCCCCCCCCCCCCCCCCCCC. The third-order valence-corrected chi connectivity index (χ3v) is 23.2. The summed E-state index contributed by atoms with van der Waals surface area (Å²) < 4.78 is 35.1. The minimum atomic E-state index is -3.08. The molecule has 0 aromatic heterocycles. The summed E-state index contributed by atoms with van der Waals surface area (Å²) in [5, 5.41) is 137. The molecule has 112 heavy (non-hydrogen) atoms. The Balaban J connectivity index is 1.42. The fourth-order valence-corrected chi connectivity index (χ4v) is 16.0. The summed E-state index contributed by atoms with van der Waals surface area (Å²) in [6.07, 6.45) is 49.0. The van der Waals surface area contributed by atoms with Crippen LogP contribution in [0.1, 0.15) is 387 Å². The van der Waals surface area contributed by atoms with E-state index < -0.39 is 148 Å². The Morgan fingerprint density at radius 1 is 0.464 bits per heavy atom. The Kier molecular flexibility index (Phi) is 61.9. The van der Waals surface area contributed by atoms with Gasteiger partial charge in [0.1, 0.15) is 67.1 Å². The fraction of sp³-hybridized carbons (Fsp3) is 0.921. The van der Waals surface area contributed by atoms with E-state index in [4.69, 9.17) is 28.4 Å². The van der Waals surface area contributed by atoms with Crippen molar-refractivity contribution in [2.45, 2.75) is 497 Å². The molecule has 23 nitrogen and oxygen atoms in total. The lowest BCUT2D eigenvalue weighted by Crippen LogP contribution is -2.70. The summed E-state index contributed by atoms with van der Waals surface area (Å²) in [5.41, 5.74) is 0. The quantitative estimate of drug-likeness (QED) is 0.0199. The number of ether oxygens (including phenoxy) is 6. The first kappa shape index (κ1) is 103. The van der Waals surface area contributed by atoms with Gasteiger partial charge in [0.15, 0.2) is 12.6 Å². The lowest BCUT2D eigenvalue weighted by Gasteiger charge is -2.50. The first-order valence-corrected chi connectivity index (χ1v) is 45.7. The van der Waals surface area contributed by atoms with Crippen molar-refractivity contribution >= 4 is 17.8 Å². The van der Waals surface area contributed by atoms with E-state index in [0.717, 1.165) is 64.7 Å². The number of allylic oxidation sites excluding steroid dienone is 4. The number of carboxylic acids is 1. The molecule has 3 saturated heterocycles. The van der Waals surface area contributed by atoms with Gasteiger partial charge in [-0.3, -0.25) is 9.59 Å². The summed E-state index contributed by atoms with van der Waals surface area (Å²) in [6, 6.07) is -2.53. The molecule has 0 aromatic carbocycles. The van der Waals surface area contributed by atoms with Crippen molar-refractivity contribution in [2.75, 3.05) is 26.4 Å². The maximum Gasteiger partial charge on any atom is 0.364 e. The van der Waals surface area contributed by atoms with Crippen molar-refractivity contribution in [2.24, 2.45) is 0 Å². The Bertz CT molecular complexity index is 2310. The van der Waals surface area contributed by atoms with Gasteiger partial charge in [-0.15, -0.1) is 0 Å². The average molecular weight is 1600 g/mol. The molecule has 18 atom stereocenters. The summed E-state index contributed by atoms with van der Waals surface area (Å²) in [6.45, 7) is 2.28. The van der Waals surface area contributed by atoms with Crippen LogP contribution in [-0.2, 0) is 42.8 Å². The second kappa shape index (κ2) is 67.0. The molecule has 3 aliphatic rings. The van der Waals surface area contributed by atoms with Crippen LogP contribution in [0.3, 0.4) is 0 Å². The second-order valence-electron chi connectivity index (χ2n) is 33.2. The molecule has 3 rings (SSSR count). The van der Waals surface area contributed by atoms with Gasteiger partial charge in [-0.05, 0) is 44.9 Å². The van der Waals surface area contributed by atoms with Gasteiger partial charge < -0.3 is 100 Å². The van der Waals surface area contributed by atoms with Gasteiger partial charge >= 0.3 is 5.97 Å². The van der Waals surface area contributed by atoms with E-state index in [1.54, 1.807) is 0 Å². The number of nitrogens with one attached hydrogen (secondary N) is 2. The number of unbranched alkanes of at least 4 members (excludes halogenated alkanes) is 50. The Labute approximate surface area is 676 Å². The summed E-state index contributed by atoms with van der Waals surface area (Å²) in [4.78, 5) is 38.8. The summed E-state index contributed by atoms with van der Waals surface area (Å²) in [5.74, 6) is -6.09. The zero-order valence-corrected chi connectivity index (χ0v) is 70.3. The van der Waals surface area contributed by atoms with Crippen molar-refractivity contribution in [3.63, 3.8) is 0 Å². The number of carbonyl (C=O) groups excluding carboxylic acids is 2. The van der Waals surface area contributed by atoms with Crippen LogP contribution in [0.25, 0.3) is 0 Å². The number of amides is 2. The van der Waals surface area contributed by atoms with Crippen molar-refractivity contribution < 1.29 is 104 Å². The van der Waals surface area contributed by atoms with Crippen molar-refractivity contribution in [3.05, 3.63) is 24.3 Å². The standard InChI is InChI=1S/C89H166N2O21/c1-4-6-8-10-12-14-16-18-20-22-24-26-27-28-29-30-31-32-33-34-35-36-37-38-39-40-41-43-45-47-49-51-53-55-57-59-61-63-76(99)91-70(71(96)62-60-58-56-54-52-50-48-46-44-42-25-23-21-19-17-15-13-11-9-7-5-2)68-107-86-81(103)80(102)83(75(67-94)109-86)110-87-82(104)85(79(101)74(66-93)108-87)112-89(88(105)106)64-72(97)77(90-69(3)95)84(111-89)78(100)73(98)65-92/h29-30,32-33,70-75,77-87,92-94,96-98,100-104H,4-28,31,34-68H2,1-3H3,(H,90,95)(H,91,99)(H,105,106)/b30-29-,33-32-. The molecule has 3 heterocycles. The number of rotatable bonds is 74. The number of hydrogen-bond donors (Lipinski definition) is 14. The van der Waals surface area contributed by atoms with Crippen LogP contribution >= 0.6 is 0 Å². The maximum atomic E-state index is 13.6. The molecule has 658 valence electrons. The van der Waals surface area contributed by atoms with Crippen LogP contribution in [0.15, 0.2) is 24.3 Å². The molecule has 0 aliphatic carbocycles. The maximum absolute atomic E-state index is 13.6. The smallest absolute Gasteiger partial charge is 0.364 e. The predicted molar refractivity (Wildman–Crippen MR) is 440 cm³/mol. The van der Waals surface area contributed by atoms with Crippen LogP contribution in [0, 0.1) is 0 Å². The van der Waals surface area contributed by atoms with Gasteiger partial charge in [0.2, 0.25) is 11.8 Å². The van der Waals surface area contributed by atoms with E-state index in [-0.39, 0.29) is 18.9 Å².